The van der Waals surface area contributed by atoms with Crippen molar-refractivity contribution in [3.63, 3.8) is 0 Å². The summed E-state index contributed by atoms with van der Waals surface area (Å²) in [5.74, 6) is 8.99. The fourth-order valence-electron chi connectivity index (χ4n) is 0.0667. The highest BCUT2D eigenvalue weighted by molar-refractivity contribution is 7.79. The summed E-state index contributed by atoms with van der Waals surface area (Å²) in [5, 5.41) is 11.1. The molecule has 0 amide bonds. The predicted molar refractivity (Wildman–Crippen MR) is 49.8 cm³/mol. The van der Waals surface area contributed by atoms with E-state index in [1.807, 2.05) is 0 Å². The number of rotatable bonds is 2. The number of hydrogen-bond acceptors (Lipinski definition) is 8. The second-order valence-corrected chi connectivity index (χ2v) is 2.13. The van der Waals surface area contributed by atoms with Crippen molar-refractivity contribution in [3.8, 4) is 0 Å². The number of hydrazone groups is 2. The highest BCUT2D eigenvalue weighted by Gasteiger charge is 1.84. The molecule has 0 bridgehead atoms. The van der Waals surface area contributed by atoms with E-state index in [1.165, 1.54) is 0 Å². The molecule has 0 saturated heterocycles. The van der Waals surface area contributed by atoms with Gasteiger partial charge < -0.3 is 11.7 Å². The Labute approximate surface area is 84.6 Å². The minimum absolute atomic E-state index is 0.944. The molecular weight excluding hydrogens is 232 g/mol. The van der Waals surface area contributed by atoms with Crippen molar-refractivity contribution >= 4 is 23.1 Å². The van der Waals surface area contributed by atoms with Gasteiger partial charge in [0.1, 0.15) is 0 Å². The maximum absolute atomic E-state index is 8.74. The van der Waals surface area contributed by atoms with E-state index in [-0.39, 0.29) is 0 Å². The predicted octanol–water partition coefficient (Wildman–Crippen LogP) is -0.814. The smallest absolute Gasteiger partial charge is 0.322 e. The van der Waals surface area contributed by atoms with E-state index in [9.17, 15) is 0 Å². The van der Waals surface area contributed by atoms with Gasteiger partial charge in [-0.05, 0) is 0 Å². The van der Waals surface area contributed by atoms with Gasteiger partial charge in [0.2, 0.25) is 0 Å². The molecule has 0 atom stereocenters. The second-order valence-electron chi connectivity index (χ2n) is 1.24. The maximum Gasteiger partial charge on any atom is 0.394 e. The third kappa shape index (κ3) is 298. The molecule has 0 aliphatic carbocycles. The molecule has 0 aliphatic heterocycles. The van der Waals surface area contributed by atoms with Crippen molar-refractivity contribution in [3.05, 3.63) is 0 Å². The zero-order chi connectivity index (χ0) is 12.7. The zero-order valence-electron chi connectivity index (χ0n) is 7.22. The van der Waals surface area contributed by atoms with Gasteiger partial charge in [-0.25, -0.2) is 11.1 Å². The average molecular weight is 242 g/mol. The molecule has 0 spiro atoms. The molecule has 0 unspecified atom stereocenters. The van der Waals surface area contributed by atoms with Crippen molar-refractivity contribution in [2.24, 2.45) is 32.1 Å². The number of nitrogens with zero attached hydrogens (tertiary/aromatic N) is 4. The van der Waals surface area contributed by atoms with Crippen LogP contribution in [0.4, 0.5) is 0 Å². The van der Waals surface area contributed by atoms with Gasteiger partial charge in [-0.3, -0.25) is 9.11 Å². The van der Waals surface area contributed by atoms with E-state index in [4.69, 9.17) is 28.6 Å². The van der Waals surface area contributed by atoms with Crippen molar-refractivity contribution < 1.29 is 17.5 Å². The summed E-state index contributed by atoms with van der Waals surface area (Å²) in [6.07, 6.45) is 1.89. The van der Waals surface area contributed by atoms with Gasteiger partial charge in [-0.1, -0.05) is 0 Å². The molecule has 0 radical (unpaired) electrons. The number of hydrogen-bond donors (Lipinski definition) is 6. The Kier molecular flexibility index (Phi) is 18.1. The molecule has 0 aromatic rings. The minimum atomic E-state index is -4.67. The summed E-state index contributed by atoms with van der Waals surface area (Å²) in [4.78, 5) is 0. The van der Waals surface area contributed by atoms with Gasteiger partial charge in [-0.2, -0.15) is 18.6 Å². The van der Waals surface area contributed by atoms with Crippen LogP contribution in [0.3, 0.4) is 0 Å². The Morgan fingerprint density at radius 3 is 1.20 bits per heavy atom. The molecule has 0 aromatic carbocycles. The first-order valence-corrected chi connectivity index (χ1v) is 4.09. The fraction of sp³-hybridized carbons (Fsp3) is 0. The van der Waals surface area contributed by atoms with Crippen LogP contribution in [0.2, 0.25) is 0 Å². The fourth-order valence-corrected chi connectivity index (χ4v) is 0.0667. The normalized spacial score (nSPS) is 9.73. The van der Waals surface area contributed by atoms with Gasteiger partial charge in [0.05, 0.1) is 0 Å². The van der Waals surface area contributed by atoms with Crippen LogP contribution in [-0.2, 0) is 10.4 Å². The maximum atomic E-state index is 8.74. The summed E-state index contributed by atoms with van der Waals surface area (Å²) in [5.41, 5.74) is 12.0. The molecule has 0 aliphatic rings. The van der Waals surface area contributed by atoms with Gasteiger partial charge in [-0.15, -0.1) is 10.2 Å². The first kappa shape index (κ1) is 18.7. The molecule has 13 heteroatoms. The molecular formula is C2H10N8O4S. The van der Waals surface area contributed by atoms with Crippen LogP contribution < -0.4 is 11.7 Å². The molecule has 0 aromatic heterocycles. The molecule has 8 N–H and O–H groups in total. The molecule has 0 rings (SSSR count). The topological polar surface area (TPSA) is 224 Å². The van der Waals surface area contributed by atoms with Crippen LogP contribution >= 0.6 is 0 Å². The highest BCUT2D eigenvalue weighted by atomic mass is 32.3. The van der Waals surface area contributed by atoms with Gasteiger partial charge in [0.25, 0.3) is 0 Å². The first-order valence-electron chi connectivity index (χ1n) is 2.69. The lowest BCUT2D eigenvalue weighted by molar-refractivity contribution is 0.381. The van der Waals surface area contributed by atoms with E-state index in [0.29, 0.717) is 0 Å². The van der Waals surface area contributed by atoms with Crippen LogP contribution in [0, 0.1) is 11.1 Å². The van der Waals surface area contributed by atoms with E-state index in [0.717, 1.165) is 12.7 Å². The third-order valence-electron chi connectivity index (χ3n) is 0.249. The summed E-state index contributed by atoms with van der Waals surface area (Å²) in [7, 11) is -4.67. The van der Waals surface area contributed by atoms with Gasteiger partial charge in [0, 0.05) is 0 Å². The van der Waals surface area contributed by atoms with Crippen molar-refractivity contribution in [1.29, 1.82) is 11.1 Å². The minimum Gasteiger partial charge on any atom is -0.322 e. The average Bonchev–Trinajstić information content (AvgIpc) is 2.05. The van der Waals surface area contributed by atoms with Crippen molar-refractivity contribution in [1.82, 2.24) is 0 Å². The van der Waals surface area contributed by atoms with E-state index < -0.39 is 10.4 Å². The SMILES string of the molecule is N=NC=NN.N=NC=NN.O=S(=O)(O)O. The first-order chi connectivity index (χ1) is 6.83. The van der Waals surface area contributed by atoms with Gasteiger partial charge in [0.15, 0.2) is 12.7 Å². The lowest BCUT2D eigenvalue weighted by atomic mass is 11.4. The Balaban J connectivity index is -0.000000144. The number of nitrogens with one attached hydrogen (secondary N) is 2. The third-order valence-corrected chi connectivity index (χ3v) is 0.249. The monoisotopic (exact) mass is 242 g/mol. The van der Waals surface area contributed by atoms with Gasteiger partial charge >= 0.3 is 10.4 Å². The summed E-state index contributed by atoms with van der Waals surface area (Å²) in [6.45, 7) is 0. The van der Waals surface area contributed by atoms with E-state index in [2.05, 4.69) is 32.1 Å². The lowest BCUT2D eigenvalue weighted by Gasteiger charge is -1.68. The summed E-state index contributed by atoms with van der Waals surface area (Å²) < 4.78 is 31.6. The summed E-state index contributed by atoms with van der Waals surface area (Å²) >= 11 is 0. The standard InChI is InChI=1S/2CH4N4.H2O4S/c2*2-4-1-5-3;1-5(2,3)4/h2*1-2H,3H2;(H2,1,2,3,4). The zero-order valence-corrected chi connectivity index (χ0v) is 8.03. The van der Waals surface area contributed by atoms with E-state index >= 15 is 0 Å². The molecule has 0 fully saturated rings. The molecule has 88 valence electrons. The Morgan fingerprint density at radius 1 is 1.00 bits per heavy atom. The Bertz CT molecular complexity index is 270. The highest BCUT2D eigenvalue weighted by Crippen LogP contribution is 1.59. The molecule has 0 saturated carbocycles. The van der Waals surface area contributed by atoms with E-state index in [1.54, 1.807) is 0 Å². The second kappa shape index (κ2) is 14.5. The molecule has 0 heterocycles. The lowest BCUT2D eigenvalue weighted by Crippen LogP contribution is -1.89. The van der Waals surface area contributed by atoms with Crippen LogP contribution in [0.25, 0.3) is 0 Å². The Hall–Kier alpha value is -1.99. The van der Waals surface area contributed by atoms with Crippen LogP contribution in [-0.4, -0.2) is 30.2 Å². The van der Waals surface area contributed by atoms with Crippen LogP contribution in [0.1, 0.15) is 0 Å². The van der Waals surface area contributed by atoms with Crippen molar-refractivity contribution in [2.75, 3.05) is 0 Å². The van der Waals surface area contributed by atoms with Crippen molar-refractivity contribution in [2.45, 2.75) is 0 Å². The molecule has 15 heavy (non-hydrogen) atoms. The summed E-state index contributed by atoms with van der Waals surface area (Å²) in [6, 6.07) is 0. The Morgan fingerprint density at radius 2 is 1.20 bits per heavy atom. The number of nitrogens with two attached hydrogens (primary N) is 2. The van der Waals surface area contributed by atoms with Crippen LogP contribution in [0.5, 0.6) is 0 Å². The largest absolute Gasteiger partial charge is 0.394 e. The van der Waals surface area contributed by atoms with Crippen LogP contribution in [0.15, 0.2) is 20.4 Å². The quantitative estimate of drug-likeness (QED) is 0.0904. The molecule has 12 nitrogen and oxygen atoms in total.